The first kappa shape index (κ1) is 22.8. The number of nitrogens with zero attached hydrogens (tertiary/aromatic N) is 2. The van der Waals surface area contributed by atoms with E-state index in [1.54, 1.807) is 19.1 Å². The van der Waals surface area contributed by atoms with Crippen molar-refractivity contribution in [3.63, 3.8) is 0 Å². The van der Waals surface area contributed by atoms with Crippen LogP contribution in [0.1, 0.15) is 25.0 Å². The Morgan fingerprint density at radius 3 is 2.33 bits per heavy atom. The van der Waals surface area contributed by atoms with E-state index in [2.05, 4.69) is 15.6 Å². The number of guanidine groups is 1. The summed E-state index contributed by atoms with van der Waals surface area (Å²) in [5.74, 6) is 0.571. The van der Waals surface area contributed by atoms with E-state index in [1.807, 2.05) is 37.3 Å². The molecule has 0 aliphatic rings. The molecule has 146 valence electrons. The molecule has 0 spiro atoms. The Morgan fingerprint density at radius 1 is 1.15 bits per heavy atom. The first-order valence-electron chi connectivity index (χ1n) is 8.46. The van der Waals surface area contributed by atoms with Crippen molar-refractivity contribution in [1.29, 1.82) is 0 Å². The van der Waals surface area contributed by atoms with Gasteiger partial charge in [-0.2, -0.15) is 0 Å². The van der Waals surface area contributed by atoms with Gasteiger partial charge < -0.3 is 15.7 Å². The Morgan fingerprint density at radius 2 is 1.78 bits per heavy atom. The lowest BCUT2D eigenvalue weighted by Gasteiger charge is -2.25. The van der Waals surface area contributed by atoms with E-state index in [1.165, 1.54) is 12.1 Å². The van der Waals surface area contributed by atoms with Crippen molar-refractivity contribution >= 4 is 35.6 Å². The van der Waals surface area contributed by atoms with Crippen molar-refractivity contribution in [2.45, 2.75) is 26.0 Å². The Balaban J connectivity index is 0.00000364. The molecule has 0 aliphatic heterocycles. The second-order valence-electron chi connectivity index (χ2n) is 6.11. The van der Waals surface area contributed by atoms with Gasteiger partial charge in [-0.15, -0.1) is 24.0 Å². The van der Waals surface area contributed by atoms with Crippen LogP contribution in [0.3, 0.4) is 0 Å². The van der Waals surface area contributed by atoms with Gasteiger partial charge in [-0.25, -0.2) is 4.99 Å². The molecule has 2 aromatic rings. The lowest BCUT2D eigenvalue weighted by atomic mass is 9.96. The quantitative estimate of drug-likeness (QED) is 0.184. The van der Waals surface area contributed by atoms with Crippen molar-refractivity contribution in [3.05, 3.63) is 75.8 Å². The Bertz CT molecular complexity index is 749. The van der Waals surface area contributed by atoms with Crippen LogP contribution in [0.4, 0.5) is 5.69 Å². The average Bonchev–Trinajstić information content (AvgIpc) is 2.65. The first-order valence-corrected chi connectivity index (χ1v) is 8.46. The van der Waals surface area contributed by atoms with Crippen LogP contribution >= 0.6 is 24.0 Å². The Labute approximate surface area is 176 Å². The maximum absolute atomic E-state index is 10.7. The molecule has 0 amide bonds. The number of nitro benzene ring substituents is 1. The average molecular weight is 484 g/mol. The van der Waals surface area contributed by atoms with Crippen LogP contribution < -0.4 is 10.6 Å². The highest BCUT2D eigenvalue weighted by atomic mass is 127. The zero-order valence-corrected chi connectivity index (χ0v) is 17.7. The zero-order valence-electron chi connectivity index (χ0n) is 15.4. The highest BCUT2D eigenvalue weighted by molar-refractivity contribution is 14.0. The van der Waals surface area contributed by atoms with Gasteiger partial charge in [0, 0.05) is 18.7 Å². The number of rotatable bonds is 7. The minimum Gasteiger partial charge on any atom is -0.384 e. The number of aliphatic imine (C=N–C) groups is 1. The highest BCUT2D eigenvalue weighted by Crippen LogP contribution is 2.19. The first-order chi connectivity index (χ1) is 12.4. The molecule has 1 unspecified atom stereocenters. The monoisotopic (exact) mass is 484 g/mol. The molecule has 8 heteroatoms. The Kier molecular flexibility index (Phi) is 9.16. The predicted octanol–water partition coefficient (Wildman–Crippen LogP) is 3.18. The molecular weight excluding hydrogens is 459 g/mol. The number of nitro groups is 1. The normalized spacial score (nSPS) is 13.2. The van der Waals surface area contributed by atoms with Crippen molar-refractivity contribution in [2.24, 2.45) is 4.99 Å². The second-order valence-corrected chi connectivity index (χ2v) is 6.11. The molecule has 0 heterocycles. The van der Waals surface area contributed by atoms with Gasteiger partial charge in [0.2, 0.25) is 0 Å². The molecule has 2 aromatic carbocycles. The molecule has 0 fully saturated rings. The maximum atomic E-state index is 10.7. The van der Waals surface area contributed by atoms with Crippen molar-refractivity contribution in [1.82, 2.24) is 10.6 Å². The number of halogens is 1. The van der Waals surface area contributed by atoms with Gasteiger partial charge in [-0.1, -0.05) is 42.5 Å². The van der Waals surface area contributed by atoms with Crippen LogP contribution in [0.5, 0.6) is 0 Å². The van der Waals surface area contributed by atoms with Crippen LogP contribution in [0.2, 0.25) is 0 Å². The van der Waals surface area contributed by atoms with Gasteiger partial charge in [-0.05, 0) is 25.0 Å². The summed E-state index contributed by atoms with van der Waals surface area (Å²) >= 11 is 0. The maximum Gasteiger partial charge on any atom is 0.269 e. The van der Waals surface area contributed by atoms with Crippen LogP contribution in [-0.4, -0.2) is 29.1 Å². The zero-order chi connectivity index (χ0) is 19.0. The Hall–Kier alpha value is -2.20. The summed E-state index contributed by atoms with van der Waals surface area (Å²) in [7, 11) is 0. The minimum absolute atomic E-state index is 0. The van der Waals surface area contributed by atoms with E-state index in [0.717, 1.165) is 11.1 Å². The fourth-order valence-electron chi connectivity index (χ4n) is 2.39. The molecule has 27 heavy (non-hydrogen) atoms. The molecule has 0 aromatic heterocycles. The molecule has 2 rings (SSSR count). The summed E-state index contributed by atoms with van der Waals surface area (Å²) in [6.07, 6.45) is 0. The molecule has 0 aliphatic carbocycles. The molecule has 7 nitrogen and oxygen atoms in total. The largest absolute Gasteiger partial charge is 0.384 e. The number of nitrogens with one attached hydrogen (secondary N) is 2. The van der Waals surface area contributed by atoms with E-state index >= 15 is 0 Å². The summed E-state index contributed by atoms with van der Waals surface area (Å²) in [5.41, 5.74) is 0.702. The van der Waals surface area contributed by atoms with Gasteiger partial charge in [-0.3, -0.25) is 10.1 Å². The molecule has 1 atom stereocenters. The molecule has 3 N–H and O–H groups in total. The van der Waals surface area contributed by atoms with E-state index < -0.39 is 10.5 Å². The molecule has 0 radical (unpaired) electrons. The van der Waals surface area contributed by atoms with Crippen molar-refractivity contribution in [3.8, 4) is 0 Å². The van der Waals surface area contributed by atoms with Crippen LogP contribution in [0, 0.1) is 10.1 Å². The minimum atomic E-state index is -1.04. The third kappa shape index (κ3) is 7.14. The van der Waals surface area contributed by atoms with Gasteiger partial charge in [0.1, 0.15) is 5.60 Å². The summed E-state index contributed by atoms with van der Waals surface area (Å²) < 4.78 is 0. The number of non-ortho nitro benzene ring substituents is 1. The molecule has 0 saturated heterocycles. The summed E-state index contributed by atoms with van der Waals surface area (Å²) in [6.45, 7) is 5.05. The number of hydrogen-bond donors (Lipinski definition) is 3. The van der Waals surface area contributed by atoms with Gasteiger partial charge in [0.05, 0.1) is 18.0 Å². The van der Waals surface area contributed by atoms with E-state index in [9.17, 15) is 15.2 Å². The van der Waals surface area contributed by atoms with Crippen molar-refractivity contribution in [2.75, 3.05) is 13.1 Å². The van der Waals surface area contributed by atoms with Crippen LogP contribution in [0.15, 0.2) is 59.6 Å². The SMILES string of the molecule is CCNC(=NCc1ccc([N+](=O)[O-])cc1)NCC(C)(O)c1ccccc1.I. The van der Waals surface area contributed by atoms with E-state index in [-0.39, 0.29) is 29.7 Å². The summed E-state index contributed by atoms with van der Waals surface area (Å²) in [4.78, 5) is 14.7. The number of aliphatic hydroxyl groups is 1. The van der Waals surface area contributed by atoms with Gasteiger partial charge >= 0.3 is 0 Å². The number of benzene rings is 2. The molecule has 0 bridgehead atoms. The van der Waals surface area contributed by atoms with Crippen molar-refractivity contribution < 1.29 is 10.0 Å². The fourth-order valence-corrected chi connectivity index (χ4v) is 2.39. The summed E-state index contributed by atoms with van der Waals surface area (Å²) in [5, 5.41) is 27.6. The van der Waals surface area contributed by atoms with Gasteiger partial charge in [0.15, 0.2) is 5.96 Å². The molecular formula is C19H25IN4O3. The lowest BCUT2D eigenvalue weighted by Crippen LogP contribution is -2.44. The van der Waals surface area contributed by atoms with Gasteiger partial charge in [0.25, 0.3) is 5.69 Å². The highest BCUT2D eigenvalue weighted by Gasteiger charge is 2.22. The smallest absolute Gasteiger partial charge is 0.269 e. The van der Waals surface area contributed by atoms with Crippen LogP contribution in [0.25, 0.3) is 0 Å². The fraction of sp³-hybridized carbons (Fsp3) is 0.316. The van der Waals surface area contributed by atoms with E-state index in [0.29, 0.717) is 25.6 Å². The van der Waals surface area contributed by atoms with Crippen LogP contribution in [-0.2, 0) is 12.1 Å². The van der Waals surface area contributed by atoms with E-state index in [4.69, 9.17) is 0 Å². The third-order valence-corrected chi connectivity index (χ3v) is 3.91. The summed E-state index contributed by atoms with van der Waals surface area (Å²) in [6, 6.07) is 15.7. The lowest BCUT2D eigenvalue weighted by molar-refractivity contribution is -0.384. The topological polar surface area (TPSA) is 99.8 Å². The molecule has 0 saturated carbocycles. The number of hydrogen-bond acceptors (Lipinski definition) is 4. The third-order valence-electron chi connectivity index (χ3n) is 3.91. The standard InChI is InChI=1S/C19H24N4O3.HI/c1-3-20-18(21-13-15-9-11-17(12-10-15)23(25)26)22-14-19(2,24)16-7-5-4-6-8-16;/h4-12,24H,3,13-14H2,1-2H3,(H2,20,21,22);1H. The predicted molar refractivity (Wildman–Crippen MR) is 117 cm³/mol. The second kappa shape index (κ2) is 10.8.